The van der Waals surface area contributed by atoms with Crippen molar-refractivity contribution in [2.45, 2.75) is 38.6 Å². The van der Waals surface area contributed by atoms with Gasteiger partial charge in [-0.15, -0.1) is 0 Å². The van der Waals surface area contributed by atoms with Crippen LogP contribution in [0.3, 0.4) is 0 Å². The molecule has 0 spiro atoms. The lowest BCUT2D eigenvalue weighted by atomic mass is 10.0. The first-order valence-corrected chi connectivity index (χ1v) is 7.38. The van der Waals surface area contributed by atoms with E-state index in [4.69, 9.17) is 0 Å². The fourth-order valence-corrected chi connectivity index (χ4v) is 3.05. The van der Waals surface area contributed by atoms with Crippen LogP contribution in [0.25, 0.3) is 0 Å². The first-order chi connectivity index (χ1) is 8.24. The molecule has 2 aliphatic heterocycles. The van der Waals surface area contributed by atoms with Gasteiger partial charge in [-0.25, -0.2) is 0 Å². The molecule has 100 valence electrons. The van der Waals surface area contributed by atoms with E-state index in [1.807, 2.05) is 0 Å². The van der Waals surface area contributed by atoms with Crippen molar-refractivity contribution in [3.8, 4) is 0 Å². The average molecular weight is 239 g/mol. The van der Waals surface area contributed by atoms with E-state index in [1.165, 1.54) is 65.0 Å². The predicted molar refractivity (Wildman–Crippen MR) is 73.4 cm³/mol. The molecule has 0 bridgehead atoms. The number of hydrogen-bond donors (Lipinski definition) is 1. The Kier molecular flexibility index (Phi) is 5.26. The summed E-state index contributed by atoms with van der Waals surface area (Å²) in [5.41, 5.74) is 0. The van der Waals surface area contributed by atoms with Crippen LogP contribution in [0.1, 0.15) is 32.6 Å². The molecule has 2 heterocycles. The molecule has 1 unspecified atom stereocenters. The van der Waals surface area contributed by atoms with Crippen LogP contribution in [0.2, 0.25) is 0 Å². The Morgan fingerprint density at radius 3 is 2.41 bits per heavy atom. The van der Waals surface area contributed by atoms with E-state index in [1.54, 1.807) is 0 Å². The standard InChI is InChI=1S/C14H29N3/c1-13(12-17-7-3-4-8-17)11-15-14-5-9-16(2)10-6-14/h13-15H,3-12H2,1-2H3. The maximum Gasteiger partial charge on any atom is 0.00915 e. The lowest BCUT2D eigenvalue weighted by molar-refractivity contribution is 0.222. The van der Waals surface area contributed by atoms with Crippen LogP contribution >= 0.6 is 0 Å². The van der Waals surface area contributed by atoms with Crippen molar-refractivity contribution in [1.29, 1.82) is 0 Å². The molecule has 0 saturated carbocycles. The van der Waals surface area contributed by atoms with E-state index in [0.29, 0.717) is 0 Å². The zero-order valence-corrected chi connectivity index (χ0v) is 11.6. The monoisotopic (exact) mass is 239 g/mol. The second kappa shape index (κ2) is 6.72. The minimum atomic E-state index is 0.771. The quantitative estimate of drug-likeness (QED) is 0.782. The van der Waals surface area contributed by atoms with Gasteiger partial charge in [0.2, 0.25) is 0 Å². The highest BCUT2D eigenvalue weighted by Crippen LogP contribution is 2.11. The Hall–Kier alpha value is -0.120. The van der Waals surface area contributed by atoms with E-state index in [2.05, 4.69) is 29.1 Å². The second-order valence-electron chi connectivity index (χ2n) is 6.10. The molecule has 2 aliphatic rings. The maximum absolute atomic E-state index is 3.76. The molecule has 17 heavy (non-hydrogen) atoms. The SMILES string of the molecule is CC(CNC1CCN(C)CC1)CN1CCCC1. The minimum Gasteiger partial charge on any atom is -0.314 e. The van der Waals surface area contributed by atoms with Gasteiger partial charge in [0, 0.05) is 12.6 Å². The minimum absolute atomic E-state index is 0.771. The Balaban J connectivity index is 1.57. The van der Waals surface area contributed by atoms with Crippen molar-refractivity contribution < 1.29 is 0 Å². The van der Waals surface area contributed by atoms with Crippen molar-refractivity contribution in [2.24, 2.45) is 5.92 Å². The molecule has 3 heteroatoms. The fourth-order valence-electron chi connectivity index (χ4n) is 3.05. The normalized spacial score (nSPS) is 26.5. The van der Waals surface area contributed by atoms with Crippen LogP contribution in [0.5, 0.6) is 0 Å². The zero-order valence-electron chi connectivity index (χ0n) is 11.6. The van der Waals surface area contributed by atoms with Gasteiger partial charge in [-0.05, 0) is 71.4 Å². The van der Waals surface area contributed by atoms with Gasteiger partial charge in [-0.1, -0.05) is 6.92 Å². The topological polar surface area (TPSA) is 18.5 Å². The van der Waals surface area contributed by atoms with Crippen molar-refractivity contribution in [1.82, 2.24) is 15.1 Å². The van der Waals surface area contributed by atoms with E-state index in [9.17, 15) is 0 Å². The third kappa shape index (κ3) is 4.57. The Labute approximate surface area is 107 Å². The Bertz CT molecular complexity index is 206. The summed E-state index contributed by atoms with van der Waals surface area (Å²) in [6, 6.07) is 0.771. The lowest BCUT2D eigenvalue weighted by Crippen LogP contribution is -2.43. The highest BCUT2D eigenvalue weighted by atomic mass is 15.1. The smallest absolute Gasteiger partial charge is 0.00915 e. The van der Waals surface area contributed by atoms with Gasteiger partial charge >= 0.3 is 0 Å². The van der Waals surface area contributed by atoms with Gasteiger partial charge in [-0.3, -0.25) is 0 Å². The molecule has 1 atom stereocenters. The summed E-state index contributed by atoms with van der Waals surface area (Å²) in [4.78, 5) is 5.06. The number of piperidine rings is 1. The van der Waals surface area contributed by atoms with Crippen molar-refractivity contribution in [3.63, 3.8) is 0 Å². The first-order valence-electron chi connectivity index (χ1n) is 7.38. The van der Waals surface area contributed by atoms with Gasteiger partial charge in [0.05, 0.1) is 0 Å². The Morgan fingerprint density at radius 2 is 1.76 bits per heavy atom. The number of nitrogens with zero attached hydrogens (tertiary/aromatic N) is 2. The van der Waals surface area contributed by atoms with Gasteiger partial charge in [-0.2, -0.15) is 0 Å². The van der Waals surface area contributed by atoms with Crippen LogP contribution in [0.15, 0.2) is 0 Å². The van der Waals surface area contributed by atoms with Crippen LogP contribution in [0.4, 0.5) is 0 Å². The number of hydrogen-bond acceptors (Lipinski definition) is 3. The fraction of sp³-hybridized carbons (Fsp3) is 1.00. The van der Waals surface area contributed by atoms with Crippen LogP contribution in [-0.2, 0) is 0 Å². The van der Waals surface area contributed by atoms with Gasteiger partial charge in [0.1, 0.15) is 0 Å². The van der Waals surface area contributed by atoms with E-state index < -0.39 is 0 Å². The maximum atomic E-state index is 3.76. The molecule has 2 fully saturated rings. The predicted octanol–water partition coefficient (Wildman–Crippen LogP) is 1.40. The third-order valence-electron chi connectivity index (χ3n) is 4.24. The molecule has 3 nitrogen and oxygen atoms in total. The molecular formula is C14H29N3. The molecule has 1 N–H and O–H groups in total. The summed E-state index contributed by atoms with van der Waals surface area (Å²) in [7, 11) is 2.23. The summed E-state index contributed by atoms with van der Waals surface area (Å²) in [5, 5.41) is 3.76. The number of rotatable bonds is 5. The van der Waals surface area contributed by atoms with Crippen LogP contribution < -0.4 is 5.32 Å². The lowest BCUT2D eigenvalue weighted by Gasteiger charge is -2.31. The van der Waals surface area contributed by atoms with Crippen molar-refractivity contribution in [2.75, 3.05) is 46.3 Å². The molecule has 0 aromatic carbocycles. The van der Waals surface area contributed by atoms with Crippen LogP contribution in [-0.4, -0.2) is 62.2 Å². The molecule has 0 aliphatic carbocycles. The summed E-state index contributed by atoms with van der Waals surface area (Å²) in [6.45, 7) is 10.1. The van der Waals surface area contributed by atoms with E-state index in [0.717, 1.165) is 12.0 Å². The average Bonchev–Trinajstić information content (AvgIpc) is 2.81. The molecule has 0 aromatic rings. The molecule has 0 aromatic heterocycles. The molecule has 0 amide bonds. The summed E-state index contributed by atoms with van der Waals surface area (Å²) in [6.07, 6.45) is 5.48. The second-order valence-corrected chi connectivity index (χ2v) is 6.10. The first kappa shape index (κ1) is 13.3. The number of nitrogens with one attached hydrogen (secondary N) is 1. The summed E-state index contributed by atoms with van der Waals surface area (Å²) in [5.74, 6) is 0.799. The Morgan fingerprint density at radius 1 is 1.12 bits per heavy atom. The van der Waals surface area contributed by atoms with Crippen molar-refractivity contribution in [3.05, 3.63) is 0 Å². The van der Waals surface area contributed by atoms with Gasteiger partial charge in [0.15, 0.2) is 0 Å². The summed E-state index contributed by atoms with van der Waals surface area (Å²) >= 11 is 0. The molecule has 2 saturated heterocycles. The molecule has 0 radical (unpaired) electrons. The van der Waals surface area contributed by atoms with E-state index >= 15 is 0 Å². The largest absolute Gasteiger partial charge is 0.314 e. The zero-order chi connectivity index (χ0) is 12.1. The highest BCUT2D eigenvalue weighted by molar-refractivity contribution is 4.77. The molecule has 2 rings (SSSR count). The van der Waals surface area contributed by atoms with Gasteiger partial charge < -0.3 is 15.1 Å². The summed E-state index contributed by atoms with van der Waals surface area (Å²) < 4.78 is 0. The van der Waals surface area contributed by atoms with Gasteiger partial charge in [0.25, 0.3) is 0 Å². The van der Waals surface area contributed by atoms with Crippen LogP contribution in [0, 0.1) is 5.92 Å². The highest BCUT2D eigenvalue weighted by Gasteiger charge is 2.18. The molecular weight excluding hydrogens is 210 g/mol. The van der Waals surface area contributed by atoms with Crippen molar-refractivity contribution >= 4 is 0 Å². The number of likely N-dealkylation sites (tertiary alicyclic amines) is 2. The van der Waals surface area contributed by atoms with E-state index in [-0.39, 0.29) is 0 Å². The third-order valence-corrected chi connectivity index (χ3v) is 4.24.